The van der Waals surface area contributed by atoms with Crippen molar-refractivity contribution in [1.82, 2.24) is 4.90 Å². The van der Waals surface area contributed by atoms with E-state index in [4.69, 9.17) is 15.6 Å². The van der Waals surface area contributed by atoms with Gasteiger partial charge in [0, 0.05) is 0 Å². The van der Waals surface area contributed by atoms with Gasteiger partial charge in [0.25, 0.3) is 0 Å². The molecule has 92 valence electrons. The molecule has 2 aliphatic heterocycles. The molecule has 0 aromatic heterocycles. The van der Waals surface area contributed by atoms with E-state index in [-0.39, 0.29) is 30.1 Å². The number of carbonyl (C=O) groups excluding carboxylic acids is 2. The molecule has 8 heteroatoms. The second-order valence-electron chi connectivity index (χ2n) is 3.48. The number of carboxylic acid groups (broad SMARTS) is 1. The third-order valence-electron chi connectivity index (χ3n) is 2.42. The highest BCUT2D eigenvalue weighted by atomic mass is 32.2. The van der Waals surface area contributed by atoms with Crippen LogP contribution in [0.2, 0.25) is 0 Å². The number of nitrogens with zero attached hydrogens (tertiary/aromatic N) is 1. The number of nitrogens with two attached hydrogens (primary N) is 1. The van der Waals surface area contributed by atoms with E-state index in [1.54, 1.807) is 0 Å². The molecule has 0 spiro atoms. The van der Waals surface area contributed by atoms with Crippen molar-refractivity contribution in [3.8, 4) is 0 Å². The van der Waals surface area contributed by atoms with Gasteiger partial charge in [0.15, 0.2) is 0 Å². The van der Waals surface area contributed by atoms with Gasteiger partial charge in [-0.15, -0.1) is 0 Å². The minimum absolute atomic E-state index is 0.0823. The number of thioether (sulfide) groups is 1. The molecule has 2 heterocycles. The van der Waals surface area contributed by atoms with E-state index >= 15 is 0 Å². The normalized spacial score (nSPS) is 22.3. The zero-order valence-corrected chi connectivity index (χ0v) is 9.53. The number of ether oxygens (including phenoxy) is 1. The maximum Gasteiger partial charge on any atom is 0.353 e. The summed E-state index contributed by atoms with van der Waals surface area (Å²) in [5, 5.41) is 8.85. The molecule has 17 heavy (non-hydrogen) atoms. The van der Waals surface area contributed by atoms with Crippen molar-refractivity contribution in [2.75, 3.05) is 13.2 Å². The SMILES string of the molecule is NCC(=O)OCC1=C(C(=O)O)N2C(=O)C[C@H]2S1. The summed E-state index contributed by atoms with van der Waals surface area (Å²) in [5.41, 5.74) is 4.98. The van der Waals surface area contributed by atoms with Gasteiger partial charge in [-0.2, -0.15) is 0 Å². The average Bonchev–Trinajstić information content (AvgIpc) is 2.58. The highest BCUT2D eigenvalue weighted by Crippen LogP contribution is 2.45. The Kier molecular flexibility index (Phi) is 3.07. The Morgan fingerprint density at radius 3 is 2.82 bits per heavy atom. The molecule has 2 rings (SSSR count). The van der Waals surface area contributed by atoms with Gasteiger partial charge >= 0.3 is 11.9 Å². The van der Waals surface area contributed by atoms with Crippen LogP contribution in [0, 0.1) is 0 Å². The van der Waals surface area contributed by atoms with E-state index in [0.717, 1.165) is 0 Å². The molecule has 7 nitrogen and oxygen atoms in total. The van der Waals surface area contributed by atoms with Crippen LogP contribution < -0.4 is 5.73 Å². The molecule has 1 saturated heterocycles. The van der Waals surface area contributed by atoms with Gasteiger partial charge in [-0.05, 0) is 0 Å². The molecule has 1 atom stereocenters. The first kappa shape index (κ1) is 11.9. The van der Waals surface area contributed by atoms with Crippen LogP contribution in [0.15, 0.2) is 10.6 Å². The Balaban J connectivity index is 2.12. The van der Waals surface area contributed by atoms with Crippen molar-refractivity contribution < 1.29 is 24.2 Å². The van der Waals surface area contributed by atoms with Crippen LogP contribution in [0.5, 0.6) is 0 Å². The molecule has 0 aliphatic carbocycles. The lowest BCUT2D eigenvalue weighted by molar-refractivity contribution is -0.145. The molecule has 0 aromatic rings. The van der Waals surface area contributed by atoms with Crippen molar-refractivity contribution in [2.24, 2.45) is 5.73 Å². The summed E-state index contributed by atoms with van der Waals surface area (Å²) in [6.45, 7) is -0.408. The fraction of sp³-hybridized carbons (Fsp3) is 0.444. The molecule has 1 amide bonds. The number of carbonyl (C=O) groups is 3. The maximum atomic E-state index is 11.3. The van der Waals surface area contributed by atoms with Gasteiger partial charge < -0.3 is 15.6 Å². The van der Waals surface area contributed by atoms with Crippen LogP contribution in [0.3, 0.4) is 0 Å². The highest BCUT2D eigenvalue weighted by Gasteiger charge is 2.48. The lowest BCUT2D eigenvalue weighted by Crippen LogP contribution is -2.48. The van der Waals surface area contributed by atoms with Crippen molar-refractivity contribution >= 4 is 29.6 Å². The Morgan fingerprint density at radius 1 is 1.59 bits per heavy atom. The van der Waals surface area contributed by atoms with Crippen molar-refractivity contribution in [2.45, 2.75) is 11.8 Å². The van der Waals surface area contributed by atoms with Gasteiger partial charge in [0.1, 0.15) is 12.3 Å². The molecule has 3 N–H and O–H groups in total. The zero-order valence-electron chi connectivity index (χ0n) is 8.71. The number of aliphatic carboxylic acids is 1. The predicted octanol–water partition coefficient (Wildman–Crippen LogP) is -0.910. The molecular weight excluding hydrogens is 248 g/mol. The maximum absolute atomic E-state index is 11.3. The topological polar surface area (TPSA) is 110 Å². The van der Waals surface area contributed by atoms with E-state index in [2.05, 4.69) is 0 Å². The first-order valence-electron chi connectivity index (χ1n) is 4.85. The monoisotopic (exact) mass is 258 g/mol. The summed E-state index contributed by atoms with van der Waals surface area (Å²) in [5.74, 6) is -2.02. The van der Waals surface area contributed by atoms with Crippen LogP contribution in [-0.2, 0) is 19.1 Å². The summed E-state index contributed by atoms with van der Waals surface area (Å²) >= 11 is 1.24. The first-order valence-corrected chi connectivity index (χ1v) is 5.73. The van der Waals surface area contributed by atoms with Gasteiger partial charge in [0.05, 0.1) is 23.2 Å². The highest BCUT2D eigenvalue weighted by molar-refractivity contribution is 8.04. The van der Waals surface area contributed by atoms with Crippen LogP contribution in [0.4, 0.5) is 0 Å². The van der Waals surface area contributed by atoms with Crippen molar-refractivity contribution in [3.63, 3.8) is 0 Å². The van der Waals surface area contributed by atoms with E-state index in [9.17, 15) is 14.4 Å². The largest absolute Gasteiger partial charge is 0.477 e. The summed E-state index contributed by atoms with van der Waals surface area (Å²) in [4.78, 5) is 34.8. The van der Waals surface area contributed by atoms with E-state index in [1.165, 1.54) is 16.7 Å². The predicted molar refractivity (Wildman–Crippen MR) is 57.5 cm³/mol. The zero-order chi connectivity index (χ0) is 12.6. The molecule has 0 radical (unpaired) electrons. The number of amides is 1. The van der Waals surface area contributed by atoms with E-state index < -0.39 is 11.9 Å². The standard InChI is InChI=1S/C9H10N2O5S/c10-2-7(13)16-3-4-8(9(14)15)11-5(12)1-6(11)17-4/h6H,1-3,10H2,(H,14,15)/t6-/m1/s1. The molecule has 0 saturated carbocycles. The second kappa shape index (κ2) is 4.38. The summed E-state index contributed by atoms with van der Waals surface area (Å²) in [6.07, 6.45) is 0.315. The van der Waals surface area contributed by atoms with Gasteiger partial charge in [-0.25, -0.2) is 4.79 Å². The van der Waals surface area contributed by atoms with Gasteiger partial charge in [0.2, 0.25) is 5.91 Å². The number of hydrogen-bond donors (Lipinski definition) is 2. The second-order valence-corrected chi connectivity index (χ2v) is 4.75. The first-order chi connectivity index (χ1) is 8.04. The lowest BCUT2D eigenvalue weighted by Gasteiger charge is -2.33. The number of β-lactam (4-membered cyclic amide) rings is 1. The van der Waals surface area contributed by atoms with Crippen molar-refractivity contribution in [1.29, 1.82) is 0 Å². The number of hydrogen-bond acceptors (Lipinski definition) is 6. The minimum atomic E-state index is -1.19. The Bertz CT molecular complexity index is 433. The number of esters is 1. The van der Waals surface area contributed by atoms with E-state index in [0.29, 0.717) is 11.3 Å². The lowest BCUT2D eigenvalue weighted by atomic mass is 10.1. The summed E-state index contributed by atoms with van der Waals surface area (Å²) in [6, 6.07) is 0. The van der Waals surface area contributed by atoms with Gasteiger partial charge in [-0.3, -0.25) is 14.5 Å². The minimum Gasteiger partial charge on any atom is -0.477 e. The third kappa shape index (κ3) is 2.01. The molecule has 0 aromatic carbocycles. The smallest absolute Gasteiger partial charge is 0.353 e. The quantitative estimate of drug-likeness (QED) is 0.496. The van der Waals surface area contributed by atoms with E-state index in [1.807, 2.05) is 0 Å². The fourth-order valence-corrected chi connectivity index (χ4v) is 2.94. The van der Waals surface area contributed by atoms with Crippen LogP contribution >= 0.6 is 11.8 Å². The average molecular weight is 258 g/mol. The Hall–Kier alpha value is -1.54. The molecule has 2 aliphatic rings. The number of rotatable bonds is 4. The fourth-order valence-electron chi connectivity index (χ4n) is 1.63. The van der Waals surface area contributed by atoms with Crippen LogP contribution in [0.1, 0.15) is 6.42 Å². The van der Waals surface area contributed by atoms with Crippen molar-refractivity contribution in [3.05, 3.63) is 10.6 Å². The molecule has 0 bridgehead atoms. The summed E-state index contributed by atoms with van der Waals surface area (Å²) < 4.78 is 4.77. The Morgan fingerprint density at radius 2 is 2.29 bits per heavy atom. The van der Waals surface area contributed by atoms with Gasteiger partial charge in [-0.1, -0.05) is 11.8 Å². The number of carboxylic acids is 1. The Labute approximate surface area is 101 Å². The molecule has 1 fully saturated rings. The summed E-state index contributed by atoms with van der Waals surface area (Å²) in [7, 11) is 0. The number of fused-ring (bicyclic) bond motifs is 1. The molecule has 0 unspecified atom stereocenters. The third-order valence-corrected chi connectivity index (χ3v) is 3.67. The van der Waals surface area contributed by atoms with Crippen LogP contribution in [0.25, 0.3) is 0 Å². The molecular formula is C9H10N2O5S. The van der Waals surface area contributed by atoms with Crippen LogP contribution in [-0.4, -0.2) is 46.4 Å².